The minimum absolute atomic E-state index is 0.0674. The lowest BCUT2D eigenvalue weighted by Crippen LogP contribution is -2.52. The maximum atomic E-state index is 13.6. The number of benzene rings is 2. The first-order chi connectivity index (χ1) is 16.3. The predicted octanol–water partition coefficient (Wildman–Crippen LogP) is 3.30. The van der Waals surface area contributed by atoms with Crippen molar-refractivity contribution in [3.63, 3.8) is 0 Å². The van der Waals surface area contributed by atoms with Gasteiger partial charge in [0.15, 0.2) is 5.78 Å². The summed E-state index contributed by atoms with van der Waals surface area (Å²) >= 11 is 0. The number of nitrogens with zero attached hydrogens (tertiary/aromatic N) is 2. The summed E-state index contributed by atoms with van der Waals surface area (Å²) in [5.74, 6) is -1.06. The number of ketones is 1. The van der Waals surface area contributed by atoms with Gasteiger partial charge < -0.3 is 10.2 Å². The second kappa shape index (κ2) is 12.0. The van der Waals surface area contributed by atoms with E-state index < -0.39 is 28.5 Å². The summed E-state index contributed by atoms with van der Waals surface area (Å²) in [6.07, 6.45) is 1.74. The summed E-state index contributed by atoms with van der Waals surface area (Å²) in [5.41, 5.74) is 2.35. The molecule has 0 fully saturated rings. The van der Waals surface area contributed by atoms with Crippen molar-refractivity contribution in [3.05, 3.63) is 65.2 Å². The van der Waals surface area contributed by atoms with Crippen molar-refractivity contribution < 1.29 is 22.8 Å². The van der Waals surface area contributed by atoms with Crippen LogP contribution in [-0.4, -0.2) is 55.8 Å². The number of carbonyl (C=O) groups excluding carboxylic acids is 3. The minimum Gasteiger partial charge on any atom is -0.352 e. The molecular weight excluding hydrogens is 466 g/mol. The zero-order valence-corrected chi connectivity index (χ0v) is 22.1. The Morgan fingerprint density at radius 3 is 2.26 bits per heavy atom. The molecule has 2 amide bonds. The highest BCUT2D eigenvalue weighted by Gasteiger charge is 2.30. The van der Waals surface area contributed by atoms with E-state index in [1.165, 1.54) is 24.0 Å². The van der Waals surface area contributed by atoms with Gasteiger partial charge in [-0.1, -0.05) is 43.3 Å². The molecule has 0 spiro atoms. The van der Waals surface area contributed by atoms with Crippen molar-refractivity contribution in [2.45, 2.75) is 59.7 Å². The van der Waals surface area contributed by atoms with Gasteiger partial charge in [0.1, 0.15) is 12.6 Å². The summed E-state index contributed by atoms with van der Waals surface area (Å²) in [7, 11) is -3.86. The Morgan fingerprint density at radius 2 is 1.69 bits per heavy atom. The first-order valence-electron chi connectivity index (χ1n) is 11.6. The van der Waals surface area contributed by atoms with Gasteiger partial charge in [-0.25, -0.2) is 8.42 Å². The van der Waals surface area contributed by atoms with Crippen LogP contribution in [0, 0.1) is 6.92 Å². The van der Waals surface area contributed by atoms with Crippen LogP contribution in [0.2, 0.25) is 0 Å². The number of anilines is 1. The van der Waals surface area contributed by atoms with Gasteiger partial charge in [0.2, 0.25) is 21.8 Å². The highest BCUT2D eigenvalue weighted by atomic mass is 32.2. The summed E-state index contributed by atoms with van der Waals surface area (Å²) in [6, 6.07) is 12.8. The van der Waals surface area contributed by atoms with E-state index >= 15 is 0 Å². The van der Waals surface area contributed by atoms with Crippen LogP contribution >= 0.6 is 0 Å². The van der Waals surface area contributed by atoms with Crippen molar-refractivity contribution >= 4 is 33.3 Å². The lowest BCUT2D eigenvalue weighted by molar-refractivity contribution is -0.139. The van der Waals surface area contributed by atoms with Gasteiger partial charge in [0.05, 0.1) is 11.9 Å². The van der Waals surface area contributed by atoms with Gasteiger partial charge in [-0.3, -0.25) is 18.7 Å². The van der Waals surface area contributed by atoms with Crippen LogP contribution in [0.4, 0.5) is 5.69 Å². The van der Waals surface area contributed by atoms with E-state index in [9.17, 15) is 22.8 Å². The van der Waals surface area contributed by atoms with Crippen LogP contribution in [-0.2, 0) is 26.2 Å². The summed E-state index contributed by atoms with van der Waals surface area (Å²) in [5, 5.41) is 2.90. The van der Waals surface area contributed by atoms with Crippen molar-refractivity contribution in [2.24, 2.45) is 0 Å². The Morgan fingerprint density at radius 1 is 1.03 bits per heavy atom. The number of amides is 2. The molecule has 0 aliphatic carbocycles. The fraction of sp³-hybridized carbons (Fsp3) is 0.423. The predicted molar refractivity (Wildman–Crippen MR) is 138 cm³/mol. The van der Waals surface area contributed by atoms with Crippen LogP contribution in [0.5, 0.6) is 0 Å². The molecule has 0 radical (unpaired) electrons. The average Bonchev–Trinajstić information content (AvgIpc) is 2.80. The topological polar surface area (TPSA) is 104 Å². The van der Waals surface area contributed by atoms with Crippen LogP contribution in [0.1, 0.15) is 55.6 Å². The molecular formula is C26H35N3O5S. The Kier molecular flexibility index (Phi) is 9.59. The van der Waals surface area contributed by atoms with Crippen molar-refractivity contribution in [3.8, 4) is 0 Å². The largest absolute Gasteiger partial charge is 0.352 e. The summed E-state index contributed by atoms with van der Waals surface area (Å²) in [4.78, 5) is 39.7. The molecule has 2 aromatic rings. The van der Waals surface area contributed by atoms with Crippen molar-refractivity contribution in [1.29, 1.82) is 0 Å². The Balaban J connectivity index is 2.44. The first kappa shape index (κ1) is 28.0. The smallest absolute Gasteiger partial charge is 0.244 e. The molecule has 0 aromatic heterocycles. The molecule has 8 nitrogen and oxygen atoms in total. The first-order valence-corrected chi connectivity index (χ1v) is 13.4. The molecule has 1 N–H and O–H groups in total. The van der Waals surface area contributed by atoms with Gasteiger partial charge >= 0.3 is 0 Å². The van der Waals surface area contributed by atoms with Crippen LogP contribution in [0.15, 0.2) is 48.5 Å². The second-order valence-electron chi connectivity index (χ2n) is 8.82. The molecule has 190 valence electrons. The average molecular weight is 502 g/mol. The van der Waals surface area contributed by atoms with E-state index in [0.717, 1.165) is 28.1 Å². The maximum Gasteiger partial charge on any atom is 0.244 e. The molecule has 0 saturated carbocycles. The van der Waals surface area contributed by atoms with Gasteiger partial charge in [0, 0.05) is 18.2 Å². The molecule has 2 aromatic carbocycles. The Bertz CT molecular complexity index is 1180. The number of hydrogen-bond acceptors (Lipinski definition) is 5. The molecule has 9 heteroatoms. The highest BCUT2D eigenvalue weighted by Crippen LogP contribution is 2.21. The number of carbonyl (C=O) groups is 3. The molecule has 2 atom stereocenters. The normalized spacial score (nSPS) is 13.0. The SMILES string of the molecule is CC[C@H](C)NC(=O)[C@H](C)N(Cc1ccccc1C)C(=O)CN(c1cccc(C(C)=O)c1)S(C)(=O)=O. The van der Waals surface area contributed by atoms with Crippen molar-refractivity contribution in [2.75, 3.05) is 17.1 Å². The summed E-state index contributed by atoms with van der Waals surface area (Å²) in [6.45, 7) is 8.40. The van der Waals surface area contributed by atoms with Gasteiger partial charge in [-0.2, -0.15) is 0 Å². The lowest BCUT2D eigenvalue weighted by Gasteiger charge is -2.32. The van der Waals surface area contributed by atoms with E-state index in [-0.39, 0.29) is 30.0 Å². The molecule has 0 aliphatic rings. The molecule has 0 heterocycles. The number of sulfonamides is 1. The van der Waals surface area contributed by atoms with E-state index in [1.807, 2.05) is 45.0 Å². The van der Waals surface area contributed by atoms with Crippen LogP contribution in [0.3, 0.4) is 0 Å². The lowest BCUT2D eigenvalue weighted by atomic mass is 10.1. The fourth-order valence-electron chi connectivity index (χ4n) is 3.51. The maximum absolute atomic E-state index is 13.6. The Hall–Kier alpha value is -3.20. The van der Waals surface area contributed by atoms with Gasteiger partial charge in [0.25, 0.3) is 0 Å². The fourth-order valence-corrected chi connectivity index (χ4v) is 4.35. The minimum atomic E-state index is -3.86. The van der Waals surface area contributed by atoms with Gasteiger partial charge in [-0.15, -0.1) is 0 Å². The summed E-state index contributed by atoms with van der Waals surface area (Å²) < 4.78 is 26.3. The molecule has 2 rings (SSSR count). The van der Waals surface area contributed by atoms with Gasteiger partial charge in [-0.05, 0) is 57.4 Å². The zero-order chi connectivity index (χ0) is 26.3. The highest BCUT2D eigenvalue weighted by molar-refractivity contribution is 7.92. The van der Waals surface area contributed by atoms with E-state index in [0.29, 0.717) is 5.56 Å². The third kappa shape index (κ3) is 7.65. The monoisotopic (exact) mass is 501 g/mol. The Labute approximate surface area is 208 Å². The van der Waals surface area contributed by atoms with E-state index in [4.69, 9.17) is 0 Å². The zero-order valence-electron chi connectivity index (χ0n) is 21.2. The van der Waals surface area contributed by atoms with E-state index in [2.05, 4.69) is 5.32 Å². The molecule has 0 unspecified atom stereocenters. The molecule has 0 bridgehead atoms. The quantitative estimate of drug-likeness (QED) is 0.476. The number of hydrogen-bond donors (Lipinski definition) is 1. The number of nitrogens with one attached hydrogen (secondary N) is 1. The standard InChI is InChI=1S/C26H35N3O5S/c1-7-19(3)27-26(32)20(4)28(16-23-12-9-8-11-18(23)2)25(31)17-29(35(6,33)34)24-14-10-13-22(15-24)21(5)30/h8-15,19-20H,7,16-17H2,1-6H3,(H,27,32)/t19-,20-/m0/s1. The van der Waals surface area contributed by atoms with E-state index in [1.54, 1.807) is 19.1 Å². The third-order valence-corrected chi connectivity index (χ3v) is 7.13. The molecule has 35 heavy (non-hydrogen) atoms. The number of aryl methyl sites for hydroxylation is 1. The van der Waals surface area contributed by atoms with Crippen LogP contribution < -0.4 is 9.62 Å². The number of Topliss-reactive ketones (excluding diaryl/α,β-unsaturated/α-hetero) is 1. The van der Waals surface area contributed by atoms with Crippen molar-refractivity contribution in [1.82, 2.24) is 10.2 Å². The van der Waals surface area contributed by atoms with Crippen LogP contribution in [0.25, 0.3) is 0 Å². The number of rotatable bonds is 11. The molecule has 0 aliphatic heterocycles. The second-order valence-corrected chi connectivity index (χ2v) is 10.7. The third-order valence-electron chi connectivity index (χ3n) is 5.99. The molecule has 0 saturated heterocycles.